The van der Waals surface area contributed by atoms with Gasteiger partial charge in [-0.15, -0.1) is 5.10 Å². The van der Waals surface area contributed by atoms with E-state index in [0.717, 1.165) is 17.1 Å². The van der Waals surface area contributed by atoms with Crippen LogP contribution in [0.3, 0.4) is 0 Å². The quantitative estimate of drug-likeness (QED) is 0.561. The van der Waals surface area contributed by atoms with Crippen LogP contribution in [0.5, 0.6) is 5.75 Å². The molecule has 0 fully saturated rings. The fourth-order valence-electron chi connectivity index (χ4n) is 2.84. The minimum atomic E-state index is 0.457. The van der Waals surface area contributed by atoms with Crippen molar-refractivity contribution >= 4 is 12.2 Å². The highest BCUT2D eigenvalue weighted by Crippen LogP contribution is 2.28. The molecule has 0 aliphatic heterocycles. The molecule has 7 nitrogen and oxygen atoms in total. The standard InChI is InChI=1S/C18H16N6OS/c1-12-16(19-22-24(12)13-8-4-3-5-9-13)17-20-21-18(26)23(17)14-10-6-7-11-15(14)25-2/h3-11H,1-2H3,(H,21,26). The first kappa shape index (κ1) is 16.2. The van der Waals surface area contributed by atoms with Crippen LogP contribution >= 0.6 is 12.2 Å². The fraction of sp³-hybridized carbons (Fsp3) is 0.111. The topological polar surface area (TPSA) is 73.5 Å². The molecule has 0 saturated carbocycles. The first-order valence-electron chi connectivity index (χ1n) is 7.99. The first-order valence-corrected chi connectivity index (χ1v) is 8.40. The lowest BCUT2D eigenvalue weighted by Gasteiger charge is -2.10. The van der Waals surface area contributed by atoms with Gasteiger partial charge in [0.05, 0.1) is 24.2 Å². The van der Waals surface area contributed by atoms with Crippen LogP contribution in [0.15, 0.2) is 54.6 Å². The van der Waals surface area contributed by atoms with Crippen LogP contribution in [-0.4, -0.2) is 36.9 Å². The molecule has 8 heteroatoms. The molecule has 2 aromatic heterocycles. The largest absolute Gasteiger partial charge is 0.495 e. The number of ether oxygens (including phenoxy) is 1. The summed E-state index contributed by atoms with van der Waals surface area (Å²) in [5.74, 6) is 1.28. The van der Waals surface area contributed by atoms with Gasteiger partial charge in [-0.25, -0.2) is 4.68 Å². The molecule has 130 valence electrons. The molecule has 0 radical (unpaired) electrons. The van der Waals surface area contributed by atoms with E-state index in [1.54, 1.807) is 16.4 Å². The van der Waals surface area contributed by atoms with E-state index >= 15 is 0 Å². The van der Waals surface area contributed by atoms with Crippen molar-refractivity contribution in [1.29, 1.82) is 0 Å². The van der Waals surface area contributed by atoms with Crippen molar-refractivity contribution < 1.29 is 4.74 Å². The van der Waals surface area contributed by atoms with Crippen LogP contribution in [0.4, 0.5) is 0 Å². The molecule has 0 amide bonds. The minimum absolute atomic E-state index is 0.457. The molecule has 0 aliphatic rings. The summed E-state index contributed by atoms with van der Waals surface area (Å²) in [5.41, 5.74) is 3.23. The van der Waals surface area contributed by atoms with Crippen LogP contribution in [-0.2, 0) is 0 Å². The third kappa shape index (κ3) is 2.60. The van der Waals surface area contributed by atoms with Crippen LogP contribution in [0.25, 0.3) is 22.9 Å². The van der Waals surface area contributed by atoms with Crippen molar-refractivity contribution in [2.75, 3.05) is 7.11 Å². The van der Waals surface area contributed by atoms with Gasteiger partial charge in [-0.2, -0.15) is 5.10 Å². The Morgan fingerprint density at radius 1 is 1.04 bits per heavy atom. The molecular formula is C18H16N6OS. The lowest BCUT2D eigenvalue weighted by Crippen LogP contribution is -2.02. The number of aromatic amines is 1. The Morgan fingerprint density at radius 3 is 2.54 bits per heavy atom. The summed E-state index contributed by atoms with van der Waals surface area (Å²) in [4.78, 5) is 0. The second-order valence-corrected chi connectivity index (χ2v) is 6.02. The Hall–Kier alpha value is -3.26. The SMILES string of the molecule is COc1ccccc1-n1c(-c2nnn(-c3ccccc3)c2C)n[nH]c1=S. The number of benzene rings is 2. The molecule has 2 heterocycles. The van der Waals surface area contributed by atoms with Gasteiger partial charge in [-0.3, -0.25) is 9.67 Å². The van der Waals surface area contributed by atoms with Crippen molar-refractivity contribution in [2.24, 2.45) is 0 Å². The normalized spacial score (nSPS) is 10.8. The van der Waals surface area contributed by atoms with Crippen LogP contribution in [0.1, 0.15) is 5.69 Å². The molecule has 2 aromatic carbocycles. The Kier molecular flexibility index (Phi) is 4.10. The third-order valence-corrected chi connectivity index (χ3v) is 4.38. The van der Waals surface area contributed by atoms with Crippen molar-refractivity contribution in [3.8, 4) is 28.6 Å². The highest BCUT2D eigenvalue weighted by Gasteiger charge is 2.20. The van der Waals surface area contributed by atoms with E-state index in [2.05, 4.69) is 20.5 Å². The average Bonchev–Trinajstić information content (AvgIpc) is 3.24. The van der Waals surface area contributed by atoms with Gasteiger partial charge in [0, 0.05) is 0 Å². The molecule has 4 rings (SSSR count). The number of methoxy groups -OCH3 is 1. The van der Waals surface area contributed by atoms with Gasteiger partial charge < -0.3 is 4.74 Å². The molecule has 1 N–H and O–H groups in total. The van der Waals surface area contributed by atoms with Crippen molar-refractivity contribution in [2.45, 2.75) is 6.92 Å². The Labute approximate surface area is 154 Å². The molecular weight excluding hydrogens is 348 g/mol. The number of hydrogen-bond donors (Lipinski definition) is 1. The molecule has 4 aromatic rings. The Bertz CT molecular complexity index is 1110. The molecule has 0 unspecified atom stereocenters. The summed E-state index contributed by atoms with van der Waals surface area (Å²) >= 11 is 5.44. The van der Waals surface area contributed by atoms with Gasteiger partial charge >= 0.3 is 0 Å². The highest BCUT2D eigenvalue weighted by atomic mass is 32.1. The van der Waals surface area contributed by atoms with Crippen LogP contribution < -0.4 is 4.74 Å². The van der Waals surface area contributed by atoms with E-state index in [4.69, 9.17) is 17.0 Å². The number of aromatic nitrogens is 6. The summed E-state index contributed by atoms with van der Waals surface area (Å²) in [7, 11) is 1.62. The van der Waals surface area contributed by atoms with Gasteiger partial charge in [0.25, 0.3) is 0 Å². The van der Waals surface area contributed by atoms with Crippen molar-refractivity contribution in [1.82, 2.24) is 29.8 Å². The second-order valence-electron chi connectivity index (χ2n) is 5.63. The molecule has 0 aliphatic carbocycles. The first-order chi connectivity index (χ1) is 12.7. The van der Waals surface area contributed by atoms with E-state index in [-0.39, 0.29) is 0 Å². The van der Waals surface area contributed by atoms with Crippen molar-refractivity contribution in [3.63, 3.8) is 0 Å². The number of para-hydroxylation sites is 3. The predicted molar refractivity (Wildman–Crippen MR) is 100 cm³/mol. The average molecular weight is 364 g/mol. The monoisotopic (exact) mass is 364 g/mol. The summed E-state index contributed by atoms with van der Waals surface area (Å²) in [6, 6.07) is 17.5. The summed E-state index contributed by atoms with van der Waals surface area (Å²) in [6.07, 6.45) is 0. The lowest BCUT2D eigenvalue weighted by atomic mass is 10.2. The summed E-state index contributed by atoms with van der Waals surface area (Å²) in [6.45, 7) is 1.95. The number of nitrogens with one attached hydrogen (secondary N) is 1. The van der Waals surface area contributed by atoms with E-state index < -0.39 is 0 Å². The van der Waals surface area contributed by atoms with E-state index in [9.17, 15) is 0 Å². The number of nitrogens with zero attached hydrogens (tertiary/aromatic N) is 5. The smallest absolute Gasteiger partial charge is 0.200 e. The summed E-state index contributed by atoms with van der Waals surface area (Å²) in [5, 5.41) is 15.8. The molecule has 0 bridgehead atoms. The van der Waals surface area contributed by atoms with E-state index in [0.29, 0.717) is 22.0 Å². The van der Waals surface area contributed by atoms with Crippen LogP contribution in [0.2, 0.25) is 0 Å². The highest BCUT2D eigenvalue weighted by molar-refractivity contribution is 7.71. The third-order valence-electron chi connectivity index (χ3n) is 4.11. The van der Waals surface area contributed by atoms with E-state index in [1.165, 1.54) is 0 Å². The maximum absolute atomic E-state index is 5.47. The van der Waals surface area contributed by atoms with Gasteiger partial charge in [0.1, 0.15) is 5.75 Å². The van der Waals surface area contributed by atoms with Gasteiger partial charge in [0.15, 0.2) is 16.3 Å². The van der Waals surface area contributed by atoms with Gasteiger partial charge in [-0.05, 0) is 43.4 Å². The molecule has 0 spiro atoms. The molecule has 0 atom stereocenters. The van der Waals surface area contributed by atoms with Gasteiger partial charge in [-0.1, -0.05) is 35.5 Å². The van der Waals surface area contributed by atoms with Gasteiger partial charge in [0.2, 0.25) is 0 Å². The minimum Gasteiger partial charge on any atom is -0.495 e. The zero-order valence-electron chi connectivity index (χ0n) is 14.2. The van der Waals surface area contributed by atoms with E-state index in [1.807, 2.05) is 61.5 Å². The lowest BCUT2D eigenvalue weighted by molar-refractivity contribution is 0.413. The zero-order valence-corrected chi connectivity index (χ0v) is 15.1. The second kappa shape index (κ2) is 6.57. The molecule has 0 saturated heterocycles. The number of hydrogen-bond acceptors (Lipinski definition) is 5. The van der Waals surface area contributed by atoms with Crippen molar-refractivity contribution in [3.05, 3.63) is 65.1 Å². The maximum Gasteiger partial charge on any atom is 0.200 e. The van der Waals surface area contributed by atoms with Crippen LogP contribution in [0, 0.1) is 11.7 Å². The number of H-pyrrole nitrogens is 1. The molecule has 26 heavy (non-hydrogen) atoms. The predicted octanol–water partition coefficient (Wildman–Crippen LogP) is 3.49. The zero-order chi connectivity index (χ0) is 18.1. The maximum atomic E-state index is 5.47. The number of rotatable bonds is 4. The summed E-state index contributed by atoms with van der Waals surface area (Å²) < 4.78 is 9.51. The Morgan fingerprint density at radius 2 is 1.77 bits per heavy atom. The Balaban J connectivity index is 1.89. The fourth-order valence-corrected chi connectivity index (χ4v) is 3.07.